The standard InChI is InChI=1S/C46H74O18/c1-19-9-14-46(64-40(19)56-6)20(2)30-27(63-46)16-26-24-8-7-22-15-23(10-12-44(22,4)25(24)11-13-45(26,30)5)59-43-38(55)35(52)39(62-42-37(54)33(50)31(48)21(3)58-42)29(61-43)18-57-41-36(53)34(51)32(49)28(17-47)60-41/h7,19-21,23-43,47-55H,8-18H2,1-6H3/t19-,20+,21+,23+,24-,25+,26-,27+,28-,29-,30+,31+,32-,33-,34+,35-,36-,37-,38-,39-,40-,41-,42+,43-,44+,45+,46+/m1/s1. The molecule has 27 atom stereocenters. The van der Waals surface area contributed by atoms with E-state index >= 15 is 0 Å². The van der Waals surface area contributed by atoms with Gasteiger partial charge in [-0.05, 0) is 92.8 Å². The lowest BCUT2D eigenvalue weighted by molar-refractivity contribution is -0.368. The van der Waals surface area contributed by atoms with E-state index in [-0.39, 0.29) is 35.2 Å². The fourth-order valence-electron chi connectivity index (χ4n) is 14.2. The average molecular weight is 915 g/mol. The molecule has 0 aromatic carbocycles. The zero-order valence-corrected chi connectivity index (χ0v) is 37.9. The first-order valence-corrected chi connectivity index (χ1v) is 23.9. The van der Waals surface area contributed by atoms with Crippen molar-refractivity contribution in [3.8, 4) is 0 Å². The highest BCUT2D eigenvalue weighted by Crippen LogP contribution is 2.71. The molecule has 0 amide bonds. The molecular weight excluding hydrogens is 840 g/mol. The van der Waals surface area contributed by atoms with Crippen LogP contribution in [-0.4, -0.2) is 183 Å². The van der Waals surface area contributed by atoms with E-state index in [9.17, 15) is 46.0 Å². The number of aliphatic hydroxyl groups excluding tert-OH is 9. The highest BCUT2D eigenvalue weighted by atomic mass is 16.8. The molecule has 8 fully saturated rings. The van der Waals surface area contributed by atoms with E-state index in [1.54, 1.807) is 7.11 Å². The Morgan fingerprint density at radius 3 is 2.11 bits per heavy atom. The monoisotopic (exact) mass is 914 g/mol. The summed E-state index contributed by atoms with van der Waals surface area (Å²) >= 11 is 0. The number of hydrogen-bond acceptors (Lipinski definition) is 18. The number of methoxy groups -OCH3 is 1. The van der Waals surface area contributed by atoms with Gasteiger partial charge in [-0.1, -0.05) is 39.3 Å². The number of ether oxygens (including phenoxy) is 9. The highest BCUT2D eigenvalue weighted by Gasteiger charge is 2.69. The smallest absolute Gasteiger partial charge is 0.187 e. The summed E-state index contributed by atoms with van der Waals surface area (Å²) in [6.45, 7) is 9.74. The molecule has 366 valence electrons. The molecule has 0 radical (unpaired) electrons. The molecular formula is C46H74O18. The van der Waals surface area contributed by atoms with Crippen LogP contribution in [0.2, 0.25) is 0 Å². The first kappa shape index (κ1) is 48.1. The Bertz CT molecular complexity index is 1670. The molecule has 0 aromatic heterocycles. The van der Waals surface area contributed by atoms with Crippen molar-refractivity contribution >= 4 is 0 Å². The van der Waals surface area contributed by atoms with Crippen LogP contribution in [-0.2, 0) is 42.6 Å². The zero-order chi connectivity index (χ0) is 45.8. The van der Waals surface area contributed by atoms with Crippen molar-refractivity contribution in [1.29, 1.82) is 0 Å². The van der Waals surface area contributed by atoms with Crippen LogP contribution in [0.25, 0.3) is 0 Å². The van der Waals surface area contributed by atoms with E-state index < -0.39 is 111 Å². The lowest BCUT2D eigenvalue weighted by atomic mass is 9.47. The van der Waals surface area contributed by atoms with Crippen LogP contribution in [0.1, 0.15) is 92.4 Å². The Morgan fingerprint density at radius 1 is 0.688 bits per heavy atom. The quantitative estimate of drug-likeness (QED) is 0.140. The van der Waals surface area contributed by atoms with Crippen molar-refractivity contribution in [3.63, 3.8) is 0 Å². The average Bonchev–Trinajstić information content (AvgIpc) is 3.72. The molecule has 5 aliphatic heterocycles. The Kier molecular flexibility index (Phi) is 13.6. The van der Waals surface area contributed by atoms with Crippen LogP contribution >= 0.6 is 0 Å². The minimum Gasteiger partial charge on any atom is -0.394 e. The predicted molar refractivity (Wildman–Crippen MR) is 220 cm³/mol. The number of aliphatic hydroxyl groups is 9. The lowest BCUT2D eigenvalue weighted by Gasteiger charge is -2.59. The van der Waals surface area contributed by atoms with Gasteiger partial charge in [-0.25, -0.2) is 0 Å². The molecule has 9 N–H and O–H groups in total. The molecule has 3 saturated carbocycles. The molecule has 5 heterocycles. The Hall–Kier alpha value is -0.980. The minimum absolute atomic E-state index is 0.0355. The second-order valence-corrected chi connectivity index (χ2v) is 21.4. The van der Waals surface area contributed by atoms with Gasteiger partial charge in [0.2, 0.25) is 0 Å². The van der Waals surface area contributed by atoms with Crippen molar-refractivity contribution in [2.45, 2.75) is 209 Å². The van der Waals surface area contributed by atoms with Gasteiger partial charge in [0.15, 0.2) is 30.9 Å². The van der Waals surface area contributed by atoms with Gasteiger partial charge < -0.3 is 88.6 Å². The van der Waals surface area contributed by atoms with E-state index in [2.05, 4.69) is 33.8 Å². The van der Waals surface area contributed by atoms with E-state index in [4.69, 9.17) is 42.6 Å². The topological polar surface area (TPSA) is 265 Å². The molecule has 64 heavy (non-hydrogen) atoms. The van der Waals surface area contributed by atoms with Crippen LogP contribution in [0.4, 0.5) is 0 Å². The Balaban J connectivity index is 0.881. The van der Waals surface area contributed by atoms with E-state index in [0.29, 0.717) is 42.4 Å². The summed E-state index contributed by atoms with van der Waals surface area (Å²) in [6, 6.07) is 0. The van der Waals surface area contributed by atoms with Crippen molar-refractivity contribution < 1.29 is 88.6 Å². The third-order valence-corrected chi connectivity index (χ3v) is 18.0. The second kappa shape index (κ2) is 18.1. The fourth-order valence-corrected chi connectivity index (χ4v) is 14.2. The largest absolute Gasteiger partial charge is 0.394 e. The summed E-state index contributed by atoms with van der Waals surface area (Å²) in [7, 11) is 1.72. The SMILES string of the molecule is CO[C@@H]1O[C@]2(CC[C@H]1C)O[C@H]1C[C@@H]3[C@@H]4CC=C5C[C@@H](O[C@@H]6O[C@H](CO[C@@H]7O[C@H](CO)[C@@H](O)[C@H](O)[C@H]7O)[C@@H](O[C@@H]7O[C@@H](C)[C@H](O)[C@@H](O)[C@H]7O)[C@H](O)[C@H]6O)CC[C@]5(C)[C@H]4CC[C@]3(C)[C@H]1[C@@H]2C. The van der Waals surface area contributed by atoms with Crippen LogP contribution < -0.4 is 0 Å². The fraction of sp³-hybridized carbons (Fsp3) is 0.957. The highest BCUT2D eigenvalue weighted by molar-refractivity contribution is 5.26. The van der Waals surface area contributed by atoms with Gasteiger partial charge in [0.1, 0.15) is 67.1 Å². The minimum atomic E-state index is -1.74. The second-order valence-electron chi connectivity index (χ2n) is 21.4. The molecule has 5 saturated heterocycles. The lowest BCUT2D eigenvalue weighted by Crippen LogP contribution is -2.65. The van der Waals surface area contributed by atoms with E-state index in [1.165, 1.54) is 12.5 Å². The molecule has 9 rings (SSSR count). The van der Waals surface area contributed by atoms with Crippen LogP contribution in [0.15, 0.2) is 11.6 Å². The van der Waals surface area contributed by atoms with Gasteiger partial charge in [0.05, 0.1) is 31.5 Å². The van der Waals surface area contributed by atoms with Crippen LogP contribution in [0.3, 0.4) is 0 Å². The summed E-state index contributed by atoms with van der Waals surface area (Å²) in [5, 5.41) is 95.7. The number of hydrogen-bond donors (Lipinski definition) is 9. The normalized spacial score (nSPS) is 57.4. The molecule has 18 nitrogen and oxygen atoms in total. The number of allylic oxidation sites excluding steroid dienone is 1. The summed E-state index contributed by atoms with van der Waals surface area (Å²) in [5.41, 5.74) is 1.44. The summed E-state index contributed by atoms with van der Waals surface area (Å²) in [6.07, 6.45) is -12.4. The molecule has 9 aliphatic rings. The van der Waals surface area contributed by atoms with Gasteiger partial charge in [0.25, 0.3) is 0 Å². The Morgan fingerprint density at radius 2 is 1.38 bits per heavy atom. The number of rotatable bonds is 9. The van der Waals surface area contributed by atoms with Gasteiger partial charge in [-0.15, -0.1) is 0 Å². The summed E-state index contributed by atoms with van der Waals surface area (Å²) < 4.78 is 55.3. The predicted octanol–water partition coefficient (Wildman–Crippen LogP) is 0.187. The third kappa shape index (κ3) is 7.88. The molecule has 4 aliphatic carbocycles. The molecule has 1 spiro atoms. The molecule has 0 bridgehead atoms. The molecule has 0 unspecified atom stereocenters. The molecule has 18 heteroatoms. The maximum Gasteiger partial charge on any atom is 0.187 e. The van der Waals surface area contributed by atoms with E-state index in [0.717, 1.165) is 44.9 Å². The summed E-state index contributed by atoms with van der Waals surface area (Å²) in [4.78, 5) is 0. The van der Waals surface area contributed by atoms with Crippen molar-refractivity contribution in [1.82, 2.24) is 0 Å². The zero-order valence-electron chi connectivity index (χ0n) is 37.9. The number of fused-ring (bicyclic) bond motifs is 7. The van der Waals surface area contributed by atoms with E-state index in [1.807, 2.05) is 0 Å². The van der Waals surface area contributed by atoms with Crippen molar-refractivity contribution in [2.24, 2.45) is 46.3 Å². The van der Waals surface area contributed by atoms with Crippen molar-refractivity contribution in [3.05, 3.63) is 11.6 Å². The third-order valence-electron chi connectivity index (χ3n) is 18.0. The first-order chi connectivity index (χ1) is 30.3. The van der Waals surface area contributed by atoms with Gasteiger partial charge >= 0.3 is 0 Å². The molecule has 0 aromatic rings. The van der Waals surface area contributed by atoms with Gasteiger partial charge in [-0.2, -0.15) is 0 Å². The van der Waals surface area contributed by atoms with Crippen molar-refractivity contribution in [2.75, 3.05) is 20.3 Å². The van der Waals surface area contributed by atoms with Gasteiger partial charge in [-0.3, -0.25) is 0 Å². The summed E-state index contributed by atoms with van der Waals surface area (Å²) in [5.74, 6) is 1.98. The van der Waals surface area contributed by atoms with Crippen LogP contribution in [0.5, 0.6) is 0 Å². The Labute approximate surface area is 375 Å². The maximum atomic E-state index is 11.6. The van der Waals surface area contributed by atoms with Crippen LogP contribution in [0, 0.1) is 46.3 Å². The first-order valence-electron chi connectivity index (χ1n) is 23.9. The maximum absolute atomic E-state index is 11.6. The van der Waals surface area contributed by atoms with Gasteiger partial charge in [0, 0.05) is 25.4 Å².